The molecule has 0 spiro atoms. The molecule has 2 heterocycles. The van der Waals surface area contributed by atoms with Crippen molar-refractivity contribution in [3.63, 3.8) is 0 Å². The van der Waals surface area contributed by atoms with Crippen LogP contribution in [0.4, 0.5) is 0 Å². The fourth-order valence-corrected chi connectivity index (χ4v) is 1.72. The molecule has 1 aliphatic heterocycles. The third kappa shape index (κ3) is 3.06. The molecule has 8 heteroatoms. The molecule has 1 amide bonds. The number of hydrazine groups is 1. The summed E-state index contributed by atoms with van der Waals surface area (Å²) in [6, 6.07) is 3.18. The molecule has 5 N–H and O–H groups in total. The fraction of sp³-hybridized carbons (Fsp3) is 0.455. The van der Waals surface area contributed by atoms with Gasteiger partial charge in [0.1, 0.15) is 18.3 Å². The van der Waals surface area contributed by atoms with Crippen LogP contribution in [-0.4, -0.2) is 57.4 Å². The average Bonchev–Trinajstić information content (AvgIpc) is 2.73. The lowest BCUT2D eigenvalue weighted by atomic mass is 10.1. The van der Waals surface area contributed by atoms with E-state index in [9.17, 15) is 15.0 Å². The van der Waals surface area contributed by atoms with E-state index in [2.05, 4.69) is 15.8 Å². The van der Waals surface area contributed by atoms with Gasteiger partial charge in [-0.05, 0) is 12.1 Å². The van der Waals surface area contributed by atoms with E-state index in [-0.39, 0.29) is 0 Å². The van der Waals surface area contributed by atoms with Crippen molar-refractivity contribution in [1.29, 1.82) is 0 Å². The SMILES string of the molecule is O=C(NN[C@H]1O[C@@H](CO)[C@@H](O)[C@@H]1O)c1cccnc1. The smallest absolute Gasteiger partial charge is 0.267 e. The number of aliphatic hydroxyl groups is 3. The number of carbonyl (C=O) groups excluding carboxylic acids is 1. The average molecular weight is 269 g/mol. The van der Waals surface area contributed by atoms with Gasteiger partial charge in [0.25, 0.3) is 5.91 Å². The lowest BCUT2D eigenvalue weighted by molar-refractivity contribution is -0.0375. The van der Waals surface area contributed by atoms with E-state index in [0.29, 0.717) is 5.56 Å². The van der Waals surface area contributed by atoms with Crippen molar-refractivity contribution in [3.05, 3.63) is 30.1 Å². The second-order valence-corrected chi connectivity index (χ2v) is 4.10. The summed E-state index contributed by atoms with van der Waals surface area (Å²) in [5.41, 5.74) is 5.12. The second kappa shape index (κ2) is 6.04. The lowest BCUT2D eigenvalue weighted by Crippen LogP contribution is -2.49. The maximum absolute atomic E-state index is 11.7. The summed E-state index contributed by atoms with van der Waals surface area (Å²) in [7, 11) is 0. The molecule has 0 radical (unpaired) electrons. The molecular formula is C11H15N3O5. The van der Waals surface area contributed by atoms with Gasteiger partial charge in [-0.25, -0.2) is 5.43 Å². The monoisotopic (exact) mass is 269 g/mol. The normalized spacial score (nSPS) is 30.3. The Morgan fingerprint density at radius 3 is 2.79 bits per heavy atom. The van der Waals surface area contributed by atoms with Crippen molar-refractivity contribution in [2.24, 2.45) is 0 Å². The number of nitrogens with zero attached hydrogens (tertiary/aromatic N) is 1. The topological polar surface area (TPSA) is 124 Å². The van der Waals surface area contributed by atoms with Crippen LogP contribution in [0.3, 0.4) is 0 Å². The van der Waals surface area contributed by atoms with Crippen molar-refractivity contribution < 1.29 is 24.9 Å². The maximum Gasteiger partial charge on any atom is 0.267 e. The Balaban J connectivity index is 1.88. The number of pyridine rings is 1. The van der Waals surface area contributed by atoms with E-state index in [1.807, 2.05) is 0 Å². The van der Waals surface area contributed by atoms with Crippen molar-refractivity contribution in [3.8, 4) is 0 Å². The number of aliphatic hydroxyl groups excluding tert-OH is 3. The highest BCUT2D eigenvalue weighted by Gasteiger charge is 2.42. The molecule has 2 rings (SSSR count). The zero-order valence-corrected chi connectivity index (χ0v) is 9.93. The first kappa shape index (κ1) is 13.8. The van der Waals surface area contributed by atoms with Gasteiger partial charge in [0, 0.05) is 12.4 Å². The van der Waals surface area contributed by atoms with E-state index in [0.717, 1.165) is 0 Å². The molecule has 104 valence electrons. The Labute approximate surface area is 109 Å². The number of nitrogens with one attached hydrogen (secondary N) is 2. The number of carbonyl (C=O) groups is 1. The van der Waals surface area contributed by atoms with Gasteiger partial charge in [0.2, 0.25) is 0 Å². The van der Waals surface area contributed by atoms with Gasteiger partial charge >= 0.3 is 0 Å². The molecule has 19 heavy (non-hydrogen) atoms. The van der Waals surface area contributed by atoms with Crippen LogP contribution in [0.25, 0.3) is 0 Å². The number of aromatic nitrogens is 1. The number of ether oxygens (including phenoxy) is 1. The first-order valence-corrected chi connectivity index (χ1v) is 5.72. The summed E-state index contributed by atoms with van der Waals surface area (Å²) in [6.07, 6.45) is -1.41. The molecule has 4 atom stereocenters. The molecule has 0 saturated carbocycles. The number of hydrogen-bond acceptors (Lipinski definition) is 7. The van der Waals surface area contributed by atoms with Crippen LogP contribution in [0.15, 0.2) is 24.5 Å². The molecule has 0 aromatic carbocycles. The predicted octanol–water partition coefficient (Wildman–Crippen LogP) is -2.24. The maximum atomic E-state index is 11.7. The van der Waals surface area contributed by atoms with Crippen LogP contribution >= 0.6 is 0 Å². The largest absolute Gasteiger partial charge is 0.394 e. The third-order valence-electron chi connectivity index (χ3n) is 2.79. The summed E-state index contributed by atoms with van der Waals surface area (Å²) >= 11 is 0. The van der Waals surface area contributed by atoms with Crippen molar-refractivity contribution in [1.82, 2.24) is 15.8 Å². The number of hydrogen-bond donors (Lipinski definition) is 5. The molecular weight excluding hydrogens is 254 g/mol. The van der Waals surface area contributed by atoms with Crippen LogP contribution in [0, 0.1) is 0 Å². The van der Waals surface area contributed by atoms with Crippen LogP contribution in [0.2, 0.25) is 0 Å². The van der Waals surface area contributed by atoms with Crippen LogP contribution in [0.1, 0.15) is 10.4 Å². The summed E-state index contributed by atoms with van der Waals surface area (Å²) in [5, 5.41) is 28.1. The number of rotatable bonds is 4. The van der Waals surface area contributed by atoms with E-state index in [1.165, 1.54) is 12.4 Å². The Morgan fingerprint density at radius 2 is 2.21 bits per heavy atom. The minimum absolute atomic E-state index is 0.335. The fourth-order valence-electron chi connectivity index (χ4n) is 1.72. The highest BCUT2D eigenvalue weighted by atomic mass is 16.6. The molecule has 0 bridgehead atoms. The molecule has 0 aliphatic carbocycles. The molecule has 1 fully saturated rings. The molecule has 0 unspecified atom stereocenters. The van der Waals surface area contributed by atoms with Crippen LogP contribution < -0.4 is 10.9 Å². The van der Waals surface area contributed by atoms with Gasteiger partial charge in [0.15, 0.2) is 6.23 Å². The van der Waals surface area contributed by atoms with E-state index in [4.69, 9.17) is 9.84 Å². The highest BCUT2D eigenvalue weighted by molar-refractivity contribution is 5.93. The zero-order valence-electron chi connectivity index (χ0n) is 9.93. The third-order valence-corrected chi connectivity index (χ3v) is 2.79. The van der Waals surface area contributed by atoms with Crippen LogP contribution in [0.5, 0.6) is 0 Å². The molecule has 1 aromatic heterocycles. The Hall–Kier alpha value is -1.58. The zero-order chi connectivity index (χ0) is 13.8. The predicted molar refractivity (Wildman–Crippen MR) is 62.6 cm³/mol. The molecule has 1 saturated heterocycles. The summed E-state index contributed by atoms with van der Waals surface area (Å²) in [4.78, 5) is 15.5. The standard InChI is InChI=1S/C11H15N3O5/c15-5-7-8(16)9(17)11(19-7)14-13-10(18)6-2-1-3-12-4-6/h1-4,7-9,11,14-17H,5H2,(H,13,18)/t7-,8+,9-,11-/m0/s1. The first-order chi connectivity index (χ1) is 9.13. The molecule has 1 aromatic rings. The van der Waals surface area contributed by atoms with Crippen molar-refractivity contribution in [2.45, 2.75) is 24.5 Å². The van der Waals surface area contributed by atoms with Gasteiger partial charge < -0.3 is 20.1 Å². The van der Waals surface area contributed by atoms with E-state index in [1.54, 1.807) is 12.1 Å². The quantitative estimate of drug-likeness (QED) is 0.391. The Kier molecular flexibility index (Phi) is 4.40. The molecule has 1 aliphatic rings. The Morgan fingerprint density at radius 1 is 1.42 bits per heavy atom. The number of amides is 1. The summed E-state index contributed by atoms with van der Waals surface area (Å²) < 4.78 is 5.13. The van der Waals surface area contributed by atoms with Gasteiger partial charge in [-0.15, -0.1) is 0 Å². The van der Waals surface area contributed by atoms with Crippen LogP contribution in [-0.2, 0) is 4.74 Å². The summed E-state index contributed by atoms with van der Waals surface area (Å²) in [6.45, 7) is -0.424. The summed E-state index contributed by atoms with van der Waals surface area (Å²) in [5.74, 6) is -0.453. The van der Waals surface area contributed by atoms with Gasteiger partial charge in [-0.1, -0.05) is 0 Å². The minimum atomic E-state index is -1.24. The second-order valence-electron chi connectivity index (χ2n) is 4.10. The van der Waals surface area contributed by atoms with E-state index < -0.39 is 37.1 Å². The van der Waals surface area contributed by atoms with Gasteiger partial charge in [0.05, 0.1) is 12.2 Å². The minimum Gasteiger partial charge on any atom is -0.394 e. The first-order valence-electron chi connectivity index (χ1n) is 5.72. The lowest BCUT2D eigenvalue weighted by Gasteiger charge is -2.16. The molecule has 8 nitrogen and oxygen atoms in total. The Bertz CT molecular complexity index is 430. The van der Waals surface area contributed by atoms with Gasteiger partial charge in [-0.2, -0.15) is 0 Å². The van der Waals surface area contributed by atoms with Crippen molar-refractivity contribution in [2.75, 3.05) is 6.61 Å². The highest BCUT2D eigenvalue weighted by Crippen LogP contribution is 2.18. The van der Waals surface area contributed by atoms with Gasteiger partial charge in [-0.3, -0.25) is 15.2 Å². The van der Waals surface area contributed by atoms with Crippen molar-refractivity contribution >= 4 is 5.91 Å². The van der Waals surface area contributed by atoms with E-state index >= 15 is 0 Å².